The normalized spacial score (nSPS) is 20.3. The summed E-state index contributed by atoms with van der Waals surface area (Å²) in [5.74, 6) is -1.01. The lowest BCUT2D eigenvalue weighted by Crippen LogP contribution is -2.46. The zero-order valence-corrected chi connectivity index (χ0v) is 9.36. The minimum atomic E-state index is -0.562. The molecule has 6 nitrogen and oxygen atoms in total. The number of hydrogen-bond donors (Lipinski definition) is 2. The van der Waals surface area contributed by atoms with Gasteiger partial charge in [0.2, 0.25) is 17.7 Å². The van der Waals surface area contributed by atoms with Gasteiger partial charge in [0, 0.05) is 20.0 Å². The fraction of sp³-hybridized carbons (Fsp3) is 0.700. The van der Waals surface area contributed by atoms with E-state index in [-0.39, 0.29) is 24.3 Å². The fourth-order valence-electron chi connectivity index (χ4n) is 1.80. The number of nitrogens with one attached hydrogen (secondary N) is 1. The standard InChI is InChI=1S/C10H17N3O3/c1-7(14)13-4-2-3-8(6-13)10(16)12-5-9(11)15/h8H,2-6H2,1H3,(H2,11,15)(H,12,16). The smallest absolute Gasteiger partial charge is 0.236 e. The molecule has 0 aromatic carbocycles. The summed E-state index contributed by atoms with van der Waals surface area (Å²) >= 11 is 0. The Morgan fingerprint density at radius 1 is 1.44 bits per heavy atom. The van der Waals surface area contributed by atoms with Gasteiger partial charge in [0.25, 0.3) is 0 Å². The first-order chi connectivity index (χ1) is 7.50. The van der Waals surface area contributed by atoms with Crippen LogP contribution in [-0.2, 0) is 14.4 Å². The molecule has 1 saturated heterocycles. The van der Waals surface area contributed by atoms with E-state index in [9.17, 15) is 14.4 Å². The average molecular weight is 227 g/mol. The van der Waals surface area contributed by atoms with Crippen LogP contribution in [0.1, 0.15) is 19.8 Å². The van der Waals surface area contributed by atoms with Gasteiger partial charge in [-0.25, -0.2) is 0 Å². The molecule has 1 heterocycles. The summed E-state index contributed by atoms with van der Waals surface area (Å²) in [7, 11) is 0. The van der Waals surface area contributed by atoms with Gasteiger partial charge in [-0.2, -0.15) is 0 Å². The van der Waals surface area contributed by atoms with Crippen LogP contribution < -0.4 is 11.1 Å². The number of carbonyl (C=O) groups excluding carboxylic acids is 3. The van der Waals surface area contributed by atoms with E-state index in [0.717, 1.165) is 12.8 Å². The largest absolute Gasteiger partial charge is 0.368 e. The van der Waals surface area contributed by atoms with Crippen LogP contribution in [0.25, 0.3) is 0 Å². The maximum absolute atomic E-state index is 11.6. The molecule has 0 aliphatic carbocycles. The minimum Gasteiger partial charge on any atom is -0.368 e. The fourth-order valence-corrected chi connectivity index (χ4v) is 1.80. The number of nitrogens with zero attached hydrogens (tertiary/aromatic N) is 1. The first-order valence-electron chi connectivity index (χ1n) is 5.32. The summed E-state index contributed by atoms with van der Waals surface area (Å²) in [6.45, 7) is 2.48. The van der Waals surface area contributed by atoms with Gasteiger partial charge in [-0.3, -0.25) is 14.4 Å². The van der Waals surface area contributed by atoms with Gasteiger partial charge < -0.3 is 16.0 Å². The topological polar surface area (TPSA) is 92.5 Å². The van der Waals surface area contributed by atoms with Crippen molar-refractivity contribution in [3.05, 3.63) is 0 Å². The zero-order valence-electron chi connectivity index (χ0n) is 9.36. The number of piperidine rings is 1. The molecule has 1 fully saturated rings. The summed E-state index contributed by atoms with van der Waals surface area (Å²) in [4.78, 5) is 34.9. The van der Waals surface area contributed by atoms with Crippen molar-refractivity contribution in [3.63, 3.8) is 0 Å². The molecule has 3 amide bonds. The van der Waals surface area contributed by atoms with Crippen LogP contribution in [0.3, 0.4) is 0 Å². The van der Waals surface area contributed by atoms with Crippen molar-refractivity contribution in [2.24, 2.45) is 11.7 Å². The van der Waals surface area contributed by atoms with Crippen LogP contribution in [0, 0.1) is 5.92 Å². The molecule has 1 rings (SSSR count). The second-order valence-corrected chi connectivity index (χ2v) is 3.99. The Hall–Kier alpha value is -1.59. The Bertz CT molecular complexity index is 304. The van der Waals surface area contributed by atoms with Crippen LogP contribution in [-0.4, -0.2) is 42.3 Å². The molecular formula is C10H17N3O3. The second kappa shape index (κ2) is 5.48. The van der Waals surface area contributed by atoms with E-state index < -0.39 is 5.91 Å². The summed E-state index contributed by atoms with van der Waals surface area (Å²) in [6.07, 6.45) is 1.56. The molecule has 90 valence electrons. The van der Waals surface area contributed by atoms with Crippen molar-refractivity contribution in [2.75, 3.05) is 19.6 Å². The highest BCUT2D eigenvalue weighted by Gasteiger charge is 2.26. The van der Waals surface area contributed by atoms with E-state index in [2.05, 4.69) is 5.32 Å². The molecule has 6 heteroatoms. The van der Waals surface area contributed by atoms with Crippen molar-refractivity contribution in [3.8, 4) is 0 Å². The van der Waals surface area contributed by atoms with Crippen molar-refractivity contribution >= 4 is 17.7 Å². The first-order valence-corrected chi connectivity index (χ1v) is 5.32. The predicted molar refractivity (Wildman–Crippen MR) is 57.2 cm³/mol. The number of likely N-dealkylation sites (tertiary alicyclic amines) is 1. The van der Waals surface area contributed by atoms with Gasteiger partial charge in [0.1, 0.15) is 0 Å². The SMILES string of the molecule is CC(=O)N1CCCC(C(=O)NCC(N)=O)C1. The van der Waals surface area contributed by atoms with E-state index in [0.29, 0.717) is 13.1 Å². The van der Waals surface area contributed by atoms with E-state index in [1.165, 1.54) is 6.92 Å². The third-order valence-electron chi connectivity index (χ3n) is 2.67. The third-order valence-corrected chi connectivity index (χ3v) is 2.67. The first kappa shape index (κ1) is 12.5. The number of nitrogens with two attached hydrogens (primary N) is 1. The summed E-state index contributed by atoms with van der Waals surface area (Å²) in [5.41, 5.74) is 4.93. The highest BCUT2D eigenvalue weighted by molar-refractivity contribution is 5.85. The molecule has 1 unspecified atom stereocenters. The highest BCUT2D eigenvalue weighted by atomic mass is 16.2. The Morgan fingerprint density at radius 2 is 2.12 bits per heavy atom. The molecule has 1 atom stereocenters. The number of primary amides is 1. The van der Waals surface area contributed by atoms with Crippen LogP contribution in [0.5, 0.6) is 0 Å². The molecule has 0 aromatic heterocycles. The molecule has 0 radical (unpaired) electrons. The second-order valence-electron chi connectivity index (χ2n) is 3.99. The third kappa shape index (κ3) is 3.52. The number of carbonyl (C=O) groups is 3. The number of hydrogen-bond acceptors (Lipinski definition) is 3. The van der Waals surface area contributed by atoms with Crippen molar-refractivity contribution in [1.29, 1.82) is 0 Å². The van der Waals surface area contributed by atoms with Crippen molar-refractivity contribution in [2.45, 2.75) is 19.8 Å². The lowest BCUT2D eigenvalue weighted by atomic mass is 9.97. The number of rotatable bonds is 3. The van der Waals surface area contributed by atoms with Crippen molar-refractivity contribution in [1.82, 2.24) is 10.2 Å². The van der Waals surface area contributed by atoms with Gasteiger partial charge in [0.15, 0.2) is 0 Å². The average Bonchev–Trinajstić information content (AvgIpc) is 2.26. The molecule has 0 spiro atoms. The molecule has 0 bridgehead atoms. The van der Waals surface area contributed by atoms with Crippen molar-refractivity contribution < 1.29 is 14.4 Å². The van der Waals surface area contributed by atoms with Gasteiger partial charge in [-0.05, 0) is 12.8 Å². The minimum absolute atomic E-state index is 0.0209. The van der Waals surface area contributed by atoms with E-state index in [1.807, 2.05) is 0 Å². The lowest BCUT2D eigenvalue weighted by Gasteiger charge is -2.31. The van der Waals surface area contributed by atoms with Gasteiger partial charge in [0.05, 0.1) is 12.5 Å². The monoisotopic (exact) mass is 227 g/mol. The Labute approximate surface area is 94.2 Å². The molecule has 16 heavy (non-hydrogen) atoms. The predicted octanol–water partition coefficient (Wildman–Crippen LogP) is -1.15. The van der Waals surface area contributed by atoms with E-state index >= 15 is 0 Å². The van der Waals surface area contributed by atoms with Crippen LogP contribution >= 0.6 is 0 Å². The van der Waals surface area contributed by atoms with Gasteiger partial charge in [-0.15, -0.1) is 0 Å². The highest BCUT2D eigenvalue weighted by Crippen LogP contribution is 2.16. The lowest BCUT2D eigenvalue weighted by molar-refractivity contribution is -0.134. The molecular weight excluding hydrogens is 210 g/mol. The maximum Gasteiger partial charge on any atom is 0.236 e. The Balaban J connectivity index is 2.43. The van der Waals surface area contributed by atoms with E-state index in [1.54, 1.807) is 4.90 Å². The van der Waals surface area contributed by atoms with Crippen LogP contribution in [0.4, 0.5) is 0 Å². The maximum atomic E-state index is 11.6. The zero-order chi connectivity index (χ0) is 12.1. The van der Waals surface area contributed by atoms with E-state index in [4.69, 9.17) is 5.73 Å². The molecule has 0 aromatic rings. The Morgan fingerprint density at radius 3 is 2.69 bits per heavy atom. The summed E-state index contributed by atoms with van der Waals surface area (Å²) < 4.78 is 0. The molecule has 3 N–H and O–H groups in total. The Kier molecular flexibility index (Phi) is 4.28. The quantitative estimate of drug-likeness (QED) is 0.637. The number of amides is 3. The van der Waals surface area contributed by atoms with Gasteiger partial charge >= 0.3 is 0 Å². The van der Waals surface area contributed by atoms with Gasteiger partial charge in [-0.1, -0.05) is 0 Å². The summed E-state index contributed by atoms with van der Waals surface area (Å²) in [5, 5.41) is 2.46. The van der Waals surface area contributed by atoms with Crippen LogP contribution in [0.15, 0.2) is 0 Å². The molecule has 1 aliphatic heterocycles. The molecule has 1 aliphatic rings. The van der Waals surface area contributed by atoms with Crippen LogP contribution in [0.2, 0.25) is 0 Å². The molecule has 0 saturated carbocycles. The summed E-state index contributed by atoms with van der Waals surface area (Å²) in [6, 6.07) is 0.